The first-order chi connectivity index (χ1) is 19.5. The number of pyridine rings is 2. The number of hydrogen-bond donors (Lipinski definition) is 0. The smallest absolute Gasteiger partial charge is 0.175 e. The zero-order valence-corrected chi connectivity index (χ0v) is 26.9. The Balaban J connectivity index is 0.000000280. The Morgan fingerprint density at radius 3 is 1.32 bits per heavy atom. The molecule has 0 aliphatic carbocycles. The molecule has 6 nitrogen and oxygen atoms in total. The summed E-state index contributed by atoms with van der Waals surface area (Å²) >= 11 is 11.8. The van der Waals surface area contributed by atoms with Crippen molar-refractivity contribution >= 4 is 68.0 Å². The fraction of sp³-hybridized carbons (Fsp3) is 0.133. The Kier molecular flexibility index (Phi) is 16.7. The molecule has 4 rings (SSSR count). The van der Waals surface area contributed by atoms with E-state index in [0.717, 1.165) is 34.3 Å². The minimum atomic E-state index is 0. The predicted molar refractivity (Wildman–Crippen MR) is 183 cm³/mol. The molecule has 0 fully saturated rings. The molecule has 0 atom stereocenters. The molecule has 0 radical (unpaired) electrons. The zero-order valence-electron chi connectivity index (χ0n) is 22.5. The average molecular weight is 662 g/mol. The molecule has 2 aromatic heterocycles. The van der Waals surface area contributed by atoms with Gasteiger partial charge in [-0.2, -0.15) is 0 Å². The molecule has 2 heterocycles. The van der Waals surface area contributed by atoms with Gasteiger partial charge in [0.1, 0.15) is 0 Å². The third kappa shape index (κ3) is 14.0. The molecule has 4 aromatic rings. The maximum atomic E-state index is 4.33. The third-order valence-electron chi connectivity index (χ3n) is 5.06. The molecule has 0 amide bonds. The second-order valence-electron chi connectivity index (χ2n) is 8.11. The number of thioether (sulfide) groups is 2. The molecular weight excluding hydrogens is 631 g/mol. The van der Waals surface area contributed by atoms with E-state index in [1.807, 2.05) is 86.6 Å². The molecule has 2 aromatic carbocycles. The number of benzene rings is 2. The summed E-state index contributed by atoms with van der Waals surface area (Å²) in [4.78, 5) is 8.44. The van der Waals surface area contributed by atoms with Crippen LogP contribution >= 0.6 is 23.5 Å². The summed E-state index contributed by atoms with van der Waals surface area (Å²) in [5, 5.41) is 8.30. The van der Waals surface area contributed by atoms with Crippen molar-refractivity contribution in [1.29, 1.82) is 0 Å². The van der Waals surface area contributed by atoms with Crippen molar-refractivity contribution in [2.45, 2.75) is 25.4 Å². The predicted octanol–water partition coefficient (Wildman–Crippen LogP) is 6.96. The Morgan fingerprint density at radius 1 is 0.610 bits per heavy atom. The van der Waals surface area contributed by atoms with Crippen LogP contribution in [0.15, 0.2) is 120 Å². The quantitative estimate of drug-likeness (QED) is 0.0511. The van der Waals surface area contributed by atoms with Crippen molar-refractivity contribution in [2.75, 3.05) is 0 Å². The van der Waals surface area contributed by atoms with Crippen LogP contribution in [0.25, 0.3) is 10.9 Å². The van der Waals surface area contributed by atoms with Crippen LogP contribution in [-0.4, -0.2) is 30.0 Å². The number of aromatic nitrogens is 2. The summed E-state index contributed by atoms with van der Waals surface area (Å²) in [5.74, 6) is 1.67. The maximum Gasteiger partial charge on any atom is 0.175 e. The van der Waals surface area contributed by atoms with Gasteiger partial charge in [-0.3, -0.25) is 9.97 Å². The van der Waals surface area contributed by atoms with Crippen molar-refractivity contribution in [2.24, 2.45) is 10.2 Å². The first-order valence-corrected chi connectivity index (χ1v) is 15.2. The van der Waals surface area contributed by atoms with Gasteiger partial charge in [0.2, 0.25) is 0 Å². The molecule has 11 heteroatoms. The first-order valence-electron chi connectivity index (χ1n) is 12.3. The molecule has 0 saturated heterocycles. The van der Waals surface area contributed by atoms with Crippen molar-refractivity contribution in [3.05, 3.63) is 143 Å². The van der Waals surface area contributed by atoms with Gasteiger partial charge in [-0.1, -0.05) is 96.3 Å². The molecule has 0 aliphatic heterocycles. The van der Waals surface area contributed by atoms with Crippen molar-refractivity contribution in [3.8, 4) is 0 Å². The van der Waals surface area contributed by atoms with E-state index in [0.29, 0.717) is 8.64 Å². The van der Waals surface area contributed by atoms with Crippen LogP contribution < -0.4 is 0 Å². The van der Waals surface area contributed by atoms with E-state index in [1.165, 1.54) is 11.1 Å². The van der Waals surface area contributed by atoms with Crippen molar-refractivity contribution in [3.63, 3.8) is 0 Å². The minimum Gasteiger partial charge on any atom is -0.519 e. The van der Waals surface area contributed by atoms with E-state index in [4.69, 9.17) is 0 Å². The van der Waals surface area contributed by atoms with Gasteiger partial charge in [-0.25, -0.2) is 0 Å². The summed E-state index contributed by atoms with van der Waals surface area (Å²) in [6.07, 6.45) is 3.48. The summed E-state index contributed by atoms with van der Waals surface area (Å²) in [5.41, 5.74) is 13.9. The van der Waals surface area contributed by atoms with Crippen molar-refractivity contribution in [1.82, 2.24) is 9.97 Å². The fourth-order valence-electron chi connectivity index (χ4n) is 2.99. The standard InChI is InChI=1S/2C15H15N3S2.Ni/c2*1-12(14-9-5-6-10-16-14)17-18-15(19)20-11-13-7-3-2-4-8-13;/h2*2-10H,11H2,1H3,(H,16,18,19);. The SMILES string of the molecule is CC(=N[N-]C(=[SH+])SCc1ccccc1)c1ccccn1.CC(=N[N-]C(=[SH+])SCc1ccccc1)c1ccccn1.[Ni]. The molecule has 214 valence electrons. The van der Waals surface area contributed by atoms with Crippen LogP contribution in [0.5, 0.6) is 0 Å². The number of nitrogens with zero attached hydrogens (tertiary/aromatic N) is 6. The summed E-state index contributed by atoms with van der Waals surface area (Å²) in [6.45, 7) is 3.77. The van der Waals surface area contributed by atoms with Crippen LogP contribution in [0.2, 0.25) is 0 Å². The van der Waals surface area contributed by atoms with Gasteiger partial charge in [0.15, 0.2) is 33.1 Å². The van der Waals surface area contributed by atoms with Crippen molar-refractivity contribution < 1.29 is 16.5 Å². The average Bonchev–Trinajstić information content (AvgIpc) is 3.02. The Bertz CT molecular complexity index is 1280. The van der Waals surface area contributed by atoms with E-state index < -0.39 is 0 Å². The molecule has 0 unspecified atom stereocenters. The third-order valence-corrected chi connectivity index (χ3v) is 7.65. The van der Waals surface area contributed by atoms with E-state index in [2.05, 4.69) is 79.7 Å². The Hall–Kier alpha value is -2.95. The molecule has 0 bridgehead atoms. The number of hydrogen-bond acceptors (Lipinski definition) is 6. The molecule has 0 N–H and O–H groups in total. The Labute approximate surface area is 271 Å². The molecule has 0 spiro atoms. The second-order valence-corrected chi connectivity index (χ2v) is 11.5. The van der Waals surface area contributed by atoms with E-state index in [-0.39, 0.29) is 16.5 Å². The van der Waals surface area contributed by atoms with Crippen LogP contribution in [0, 0.1) is 0 Å². The molecule has 41 heavy (non-hydrogen) atoms. The largest absolute Gasteiger partial charge is 0.519 e. The summed E-state index contributed by atoms with van der Waals surface area (Å²) < 4.78 is 1.29. The number of rotatable bonds is 8. The Morgan fingerprint density at radius 2 is 0.976 bits per heavy atom. The minimum absolute atomic E-state index is 0. The molecular formula is C30H30N6NiS4. The topological polar surface area (TPSA) is 78.7 Å². The van der Waals surface area contributed by atoms with Gasteiger partial charge in [-0.15, -0.1) is 0 Å². The molecule has 0 saturated carbocycles. The maximum absolute atomic E-state index is 4.33. The summed E-state index contributed by atoms with van der Waals surface area (Å²) in [7, 11) is 0. The van der Waals surface area contributed by atoms with Crippen LogP contribution in [0.3, 0.4) is 0 Å². The number of thiol groups is 2. The second kappa shape index (κ2) is 20.0. The van der Waals surface area contributed by atoms with Gasteiger partial charge in [0.05, 0.1) is 11.4 Å². The van der Waals surface area contributed by atoms with Gasteiger partial charge in [0.25, 0.3) is 0 Å². The van der Waals surface area contributed by atoms with E-state index >= 15 is 0 Å². The van der Waals surface area contributed by atoms with Crippen LogP contribution in [0.1, 0.15) is 36.4 Å². The van der Waals surface area contributed by atoms with Crippen LogP contribution in [-0.2, 0) is 52.4 Å². The molecule has 0 aliphatic rings. The normalized spacial score (nSPS) is 10.9. The van der Waals surface area contributed by atoms with Crippen LogP contribution in [0.4, 0.5) is 0 Å². The fourth-order valence-corrected chi connectivity index (χ4v) is 4.64. The van der Waals surface area contributed by atoms with E-state index in [1.54, 1.807) is 35.9 Å². The monoisotopic (exact) mass is 660 g/mol. The first kappa shape index (κ1) is 34.3. The van der Waals surface area contributed by atoms with Gasteiger partial charge < -0.3 is 21.1 Å². The van der Waals surface area contributed by atoms with E-state index in [9.17, 15) is 0 Å². The van der Waals surface area contributed by atoms with Gasteiger partial charge in [-0.05, 0) is 49.2 Å². The summed E-state index contributed by atoms with van der Waals surface area (Å²) in [6, 6.07) is 31.8. The van der Waals surface area contributed by atoms with Gasteiger partial charge in [0, 0.05) is 51.8 Å². The zero-order chi connectivity index (χ0) is 28.4. The van der Waals surface area contributed by atoms with Gasteiger partial charge >= 0.3 is 0 Å².